The van der Waals surface area contributed by atoms with E-state index in [1.807, 2.05) is 6.26 Å². The highest BCUT2D eigenvalue weighted by Crippen LogP contribution is 2.30. The molecule has 1 fully saturated rings. The van der Waals surface area contributed by atoms with Crippen LogP contribution in [0.25, 0.3) is 0 Å². The van der Waals surface area contributed by atoms with Crippen LogP contribution >= 0.6 is 0 Å². The van der Waals surface area contributed by atoms with Crippen molar-refractivity contribution in [3.05, 3.63) is 23.7 Å². The van der Waals surface area contributed by atoms with Crippen molar-refractivity contribution < 1.29 is 4.42 Å². The van der Waals surface area contributed by atoms with E-state index in [9.17, 15) is 0 Å². The lowest BCUT2D eigenvalue weighted by atomic mass is 10.2. The van der Waals surface area contributed by atoms with Crippen LogP contribution in [0.4, 0.5) is 0 Å². The third kappa shape index (κ3) is 5.00. The molecule has 1 aliphatic carbocycles. The van der Waals surface area contributed by atoms with Gasteiger partial charge in [-0.1, -0.05) is 20.8 Å². The highest BCUT2D eigenvalue weighted by Gasteiger charge is 2.24. The molecule has 1 heterocycles. The average molecular weight is 264 g/mol. The minimum Gasteiger partial charge on any atom is -0.468 e. The molecule has 0 aliphatic heterocycles. The molecule has 0 bridgehead atoms. The van der Waals surface area contributed by atoms with Crippen LogP contribution in [0.15, 0.2) is 16.7 Å². The Morgan fingerprint density at radius 1 is 1.42 bits per heavy atom. The van der Waals surface area contributed by atoms with E-state index < -0.39 is 0 Å². The van der Waals surface area contributed by atoms with Crippen molar-refractivity contribution in [3.8, 4) is 0 Å². The van der Waals surface area contributed by atoms with E-state index in [4.69, 9.17) is 4.42 Å². The molecule has 0 aromatic carbocycles. The number of nitrogens with one attached hydrogen (secondary N) is 1. The van der Waals surface area contributed by atoms with Crippen molar-refractivity contribution in [2.45, 2.75) is 46.7 Å². The van der Waals surface area contributed by atoms with Gasteiger partial charge in [0, 0.05) is 18.7 Å². The molecule has 0 unspecified atom stereocenters. The fourth-order valence-corrected chi connectivity index (χ4v) is 2.33. The zero-order valence-electron chi connectivity index (χ0n) is 12.6. The van der Waals surface area contributed by atoms with Crippen LogP contribution in [0.5, 0.6) is 0 Å². The molecule has 1 aromatic heterocycles. The van der Waals surface area contributed by atoms with E-state index in [-0.39, 0.29) is 0 Å². The zero-order valence-corrected chi connectivity index (χ0v) is 12.6. The summed E-state index contributed by atoms with van der Waals surface area (Å²) in [5.41, 5.74) is 1.31. The molecule has 0 saturated heterocycles. The Balaban J connectivity index is 1.82. The van der Waals surface area contributed by atoms with Gasteiger partial charge < -0.3 is 9.73 Å². The topological polar surface area (TPSA) is 28.4 Å². The van der Waals surface area contributed by atoms with E-state index in [0.29, 0.717) is 5.92 Å². The van der Waals surface area contributed by atoms with Crippen LogP contribution in [-0.4, -0.2) is 24.5 Å². The normalized spacial score (nSPS) is 15.6. The third-order valence-electron chi connectivity index (χ3n) is 3.73. The SMILES string of the molecule is CCN(Cc1occc1CNCC(C)C)CC1CC1. The Morgan fingerprint density at radius 3 is 2.84 bits per heavy atom. The predicted molar refractivity (Wildman–Crippen MR) is 78.9 cm³/mol. The smallest absolute Gasteiger partial charge is 0.122 e. The van der Waals surface area contributed by atoms with E-state index in [1.54, 1.807) is 0 Å². The Hall–Kier alpha value is -0.800. The summed E-state index contributed by atoms with van der Waals surface area (Å²) in [4.78, 5) is 2.50. The minimum atomic E-state index is 0.692. The molecule has 1 saturated carbocycles. The Labute approximate surface area is 117 Å². The van der Waals surface area contributed by atoms with Gasteiger partial charge in [0.2, 0.25) is 0 Å². The minimum absolute atomic E-state index is 0.692. The van der Waals surface area contributed by atoms with Crippen LogP contribution < -0.4 is 5.32 Å². The molecule has 108 valence electrons. The lowest BCUT2D eigenvalue weighted by Crippen LogP contribution is -2.26. The molecule has 3 heteroatoms. The van der Waals surface area contributed by atoms with E-state index >= 15 is 0 Å². The Kier molecular flexibility index (Phi) is 5.46. The number of furan rings is 1. The summed E-state index contributed by atoms with van der Waals surface area (Å²) in [5.74, 6) is 2.77. The molecule has 19 heavy (non-hydrogen) atoms. The van der Waals surface area contributed by atoms with Gasteiger partial charge in [-0.15, -0.1) is 0 Å². The molecule has 0 atom stereocenters. The second-order valence-electron chi connectivity index (χ2n) is 6.16. The van der Waals surface area contributed by atoms with Gasteiger partial charge in [0.25, 0.3) is 0 Å². The second kappa shape index (κ2) is 7.11. The monoisotopic (exact) mass is 264 g/mol. The van der Waals surface area contributed by atoms with Gasteiger partial charge in [-0.25, -0.2) is 0 Å². The Morgan fingerprint density at radius 2 is 2.21 bits per heavy atom. The maximum atomic E-state index is 5.67. The summed E-state index contributed by atoms with van der Waals surface area (Å²) < 4.78 is 5.67. The van der Waals surface area contributed by atoms with Crippen LogP contribution in [0, 0.1) is 11.8 Å². The Bertz CT molecular complexity index is 369. The number of nitrogens with zero attached hydrogens (tertiary/aromatic N) is 1. The molecular formula is C16H28N2O. The van der Waals surface area contributed by atoms with Gasteiger partial charge >= 0.3 is 0 Å². The van der Waals surface area contributed by atoms with Crippen molar-refractivity contribution in [1.29, 1.82) is 0 Å². The van der Waals surface area contributed by atoms with Crippen molar-refractivity contribution in [2.75, 3.05) is 19.6 Å². The first-order chi connectivity index (χ1) is 9.19. The van der Waals surface area contributed by atoms with Gasteiger partial charge in [-0.2, -0.15) is 0 Å². The summed E-state index contributed by atoms with van der Waals surface area (Å²) in [7, 11) is 0. The number of hydrogen-bond acceptors (Lipinski definition) is 3. The standard InChI is InChI=1S/C16H28N2O/c1-4-18(11-14-5-6-14)12-16-15(7-8-19-16)10-17-9-13(2)3/h7-8,13-14,17H,4-6,9-12H2,1-3H3. The molecular weight excluding hydrogens is 236 g/mol. The maximum absolute atomic E-state index is 5.67. The second-order valence-corrected chi connectivity index (χ2v) is 6.16. The lowest BCUT2D eigenvalue weighted by Gasteiger charge is -2.19. The van der Waals surface area contributed by atoms with E-state index in [0.717, 1.165) is 37.9 Å². The zero-order chi connectivity index (χ0) is 13.7. The molecule has 2 rings (SSSR count). The summed E-state index contributed by atoms with van der Waals surface area (Å²) in [6.45, 7) is 12.0. The third-order valence-corrected chi connectivity index (χ3v) is 3.73. The predicted octanol–water partition coefficient (Wildman–Crippen LogP) is 3.26. The first-order valence-electron chi connectivity index (χ1n) is 7.67. The molecule has 1 N–H and O–H groups in total. The van der Waals surface area contributed by atoms with Crippen molar-refractivity contribution in [2.24, 2.45) is 11.8 Å². The molecule has 0 spiro atoms. The van der Waals surface area contributed by atoms with Crippen molar-refractivity contribution in [3.63, 3.8) is 0 Å². The van der Waals surface area contributed by atoms with E-state index in [2.05, 4.69) is 37.1 Å². The lowest BCUT2D eigenvalue weighted by molar-refractivity contribution is 0.244. The number of hydrogen-bond donors (Lipinski definition) is 1. The van der Waals surface area contributed by atoms with Crippen LogP contribution in [0.1, 0.15) is 44.9 Å². The summed E-state index contributed by atoms with van der Waals surface area (Å²) in [6.07, 6.45) is 4.65. The van der Waals surface area contributed by atoms with Gasteiger partial charge in [0.05, 0.1) is 12.8 Å². The van der Waals surface area contributed by atoms with Gasteiger partial charge in [-0.05, 0) is 43.8 Å². The number of rotatable bonds is 9. The molecule has 1 aromatic rings. The first kappa shape index (κ1) is 14.6. The van der Waals surface area contributed by atoms with Crippen LogP contribution in [-0.2, 0) is 13.1 Å². The first-order valence-corrected chi connectivity index (χ1v) is 7.67. The van der Waals surface area contributed by atoms with Crippen LogP contribution in [0.2, 0.25) is 0 Å². The van der Waals surface area contributed by atoms with Crippen LogP contribution in [0.3, 0.4) is 0 Å². The highest BCUT2D eigenvalue weighted by atomic mass is 16.3. The fraction of sp³-hybridized carbons (Fsp3) is 0.750. The summed E-state index contributed by atoms with van der Waals surface area (Å²) in [6, 6.07) is 2.10. The van der Waals surface area contributed by atoms with Gasteiger partial charge in [0.1, 0.15) is 5.76 Å². The summed E-state index contributed by atoms with van der Waals surface area (Å²) >= 11 is 0. The largest absolute Gasteiger partial charge is 0.468 e. The quantitative estimate of drug-likeness (QED) is 0.742. The summed E-state index contributed by atoms with van der Waals surface area (Å²) in [5, 5.41) is 3.49. The molecule has 3 nitrogen and oxygen atoms in total. The average Bonchev–Trinajstić information content (AvgIpc) is 3.08. The fourth-order valence-electron chi connectivity index (χ4n) is 2.33. The van der Waals surface area contributed by atoms with Crippen molar-refractivity contribution >= 4 is 0 Å². The molecule has 0 radical (unpaired) electrons. The van der Waals surface area contributed by atoms with Crippen molar-refractivity contribution in [1.82, 2.24) is 10.2 Å². The highest BCUT2D eigenvalue weighted by molar-refractivity contribution is 5.16. The maximum Gasteiger partial charge on any atom is 0.122 e. The molecule has 0 amide bonds. The van der Waals surface area contributed by atoms with E-state index in [1.165, 1.54) is 24.9 Å². The van der Waals surface area contributed by atoms with Gasteiger partial charge in [0.15, 0.2) is 0 Å². The molecule has 1 aliphatic rings. The van der Waals surface area contributed by atoms with Gasteiger partial charge in [-0.3, -0.25) is 4.90 Å².